The Bertz CT molecular complexity index is 767. The summed E-state index contributed by atoms with van der Waals surface area (Å²) >= 11 is 1.62. The maximum Gasteiger partial charge on any atom is 0.226 e. The van der Waals surface area contributed by atoms with Crippen LogP contribution in [0.1, 0.15) is 35.6 Å². The Hall–Kier alpha value is -2.14. The van der Waals surface area contributed by atoms with Crippen molar-refractivity contribution in [1.82, 2.24) is 10.2 Å². The molecule has 142 valence electrons. The third-order valence-corrected chi connectivity index (χ3v) is 6.64. The normalized spacial score (nSPS) is 22.4. The molecule has 1 N–H and O–H groups in total. The number of benzene rings is 1. The quantitative estimate of drug-likeness (QED) is 0.832. The van der Waals surface area contributed by atoms with Crippen LogP contribution in [-0.2, 0) is 16.0 Å². The number of likely N-dealkylation sites (tertiary alicyclic amines) is 1. The van der Waals surface area contributed by atoms with Crippen molar-refractivity contribution in [2.45, 2.75) is 31.6 Å². The van der Waals surface area contributed by atoms with Gasteiger partial charge in [0.15, 0.2) is 0 Å². The van der Waals surface area contributed by atoms with Crippen molar-refractivity contribution in [3.8, 4) is 0 Å². The number of carbonyl (C=O) groups is 2. The summed E-state index contributed by atoms with van der Waals surface area (Å²) in [6.45, 7) is 2.37. The molecule has 0 spiro atoms. The highest BCUT2D eigenvalue weighted by Gasteiger charge is 2.46. The average molecular weight is 383 g/mol. The molecule has 1 aromatic carbocycles. The zero-order chi connectivity index (χ0) is 18.6. The lowest BCUT2D eigenvalue weighted by molar-refractivity contribution is -0.134. The van der Waals surface area contributed by atoms with E-state index in [9.17, 15) is 9.59 Å². The van der Waals surface area contributed by atoms with Gasteiger partial charge in [0.05, 0.1) is 6.42 Å². The molecular weight excluding hydrogens is 356 g/mol. The first kappa shape index (κ1) is 18.2. The summed E-state index contributed by atoms with van der Waals surface area (Å²) in [6, 6.07) is 14.3. The number of nitrogens with zero attached hydrogens (tertiary/aromatic N) is 1. The van der Waals surface area contributed by atoms with Gasteiger partial charge in [0, 0.05) is 30.4 Å². The summed E-state index contributed by atoms with van der Waals surface area (Å²) in [7, 11) is 0. The molecule has 0 unspecified atom stereocenters. The van der Waals surface area contributed by atoms with E-state index in [0.29, 0.717) is 24.2 Å². The van der Waals surface area contributed by atoms with Gasteiger partial charge in [0.25, 0.3) is 0 Å². The molecule has 1 saturated heterocycles. The number of hydrogen-bond acceptors (Lipinski definition) is 3. The minimum atomic E-state index is 0.0969. The summed E-state index contributed by atoms with van der Waals surface area (Å²) in [5.74, 6) is 1.48. The maximum atomic E-state index is 12.8. The third kappa shape index (κ3) is 4.59. The fourth-order valence-electron chi connectivity index (χ4n) is 4.02. The smallest absolute Gasteiger partial charge is 0.226 e. The molecule has 2 atom stereocenters. The average Bonchev–Trinajstić information content (AvgIpc) is 3.35. The lowest BCUT2D eigenvalue weighted by Crippen LogP contribution is -2.42. The standard InChI is InChI=1S/C22H26N2O2S/c25-21(13-18-7-4-12-27-18)23-15-16-8-10-24(11-9-16)22(26)20-14-19(20)17-5-2-1-3-6-17/h1-7,12,16,19-20H,8-11,13-15H2,(H,23,25)/t19-,20+/m0/s1. The van der Waals surface area contributed by atoms with E-state index >= 15 is 0 Å². The molecule has 27 heavy (non-hydrogen) atoms. The first-order valence-corrected chi connectivity index (χ1v) is 10.7. The largest absolute Gasteiger partial charge is 0.356 e. The zero-order valence-electron chi connectivity index (χ0n) is 15.5. The van der Waals surface area contributed by atoms with Crippen LogP contribution in [0.5, 0.6) is 0 Å². The molecule has 1 aromatic heterocycles. The zero-order valence-corrected chi connectivity index (χ0v) is 16.3. The number of piperidine rings is 1. The summed E-state index contributed by atoms with van der Waals surface area (Å²) < 4.78 is 0. The number of rotatable bonds is 6. The van der Waals surface area contributed by atoms with E-state index in [2.05, 4.69) is 17.4 Å². The molecule has 5 heteroatoms. The lowest BCUT2D eigenvalue weighted by Gasteiger charge is -2.32. The topological polar surface area (TPSA) is 49.4 Å². The van der Waals surface area contributed by atoms with Gasteiger partial charge in [0.2, 0.25) is 11.8 Å². The predicted octanol–water partition coefficient (Wildman–Crippen LogP) is 3.45. The molecule has 4 rings (SSSR count). The Kier molecular flexibility index (Phi) is 5.58. The van der Waals surface area contributed by atoms with Crippen LogP contribution in [0.15, 0.2) is 47.8 Å². The molecule has 2 amide bonds. The molecule has 4 nitrogen and oxygen atoms in total. The van der Waals surface area contributed by atoms with Gasteiger partial charge in [-0.05, 0) is 48.1 Å². The summed E-state index contributed by atoms with van der Waals surface area (Å²) in [5, 5.41) is 5.06. The number of thiophene rings is 1. The molecule has 1 saturated carbocycles. The summed E-state index contributed by atoms with van der Waals surface area (Å²) in [6.07, 6.45) is 3.42. The van der Waals surface area contributed by atoms with E-state index in [1.807, 2.05) is 40.6 Å². The molecule has 0 radical (unpaired) electrons. The Labute approximate surface area is 164 Å². The van der Waals surface area contributed by atoms with Gasteiger partial charge < -0.3 is 10.2 Å². The highest BCUT2D eigenvalue weighted by molar-refractivity contribution is 7.10. The Morgan fingerprint density at radius 3 is 2.56 bits per heavy atom. The van der Waals surface area contributed by atoms with Crippen molar-refractivity contribution >= 4 is 23.2 Å². The van der Waals surface area contributed by atoms with Crippen LogP contribution in [0.3, 0.4) is 0 Å². The SMILES string of the molecule is O=C(Cc1cccs1)NCC1CCN(C(=O)[C@@H]2C[C@H]2c2ccccc2)CC1. The Balaban J connectivity index is 1.18. The molecule has 0 bridgehead atoms. The van der Waals surface area contributed by atoms with Crippen molar-refractivity contribution in [3.63, 3.8) is 0 Å². The van der Waals surface area contributed by atoms with Crippen LogP contribution in [-0.4, -0.2) is 36.3 Å². The molecular formula is C22H26N2O2S. The van der Waals surface area contributed by atoms with Crippen molar-refractivity contribution in [1.29, 1.82) is 0 Å². The molecule has 1 aliphatic carbocycles. The second kappa shape index (κ2) is 8.26. The van der Waals surface area contributed by atoms with Gasteiger partial charge >= 0.3 is 0 Å². The minimum absolute atomic E-state index is 0.0969. The molecule has 2 aromatic rings. The highest BCUT2D eigenvalue weighted by Crippen LogP contribution is 2.48. The fraction of sp³-hybridized carbons (Fsp3) is 0.455. The molecule has 2 heterocycles. The van der Waals surface area contributed by atoms with Crippen molar-refractivity contribution in [3.05, 3.63) is 58.3 Å². The van der Waals surface area contributed by atoms with E-state index in [-0.39, 0.29) is 11.8 Å². The Morgan fingerprint density at radius 2 is 1.85 bits per heavy atom. The molecule has 2 fully saturated rings. The summed E-state index contributed by atoms with van der Waals surface area (Å²) in [4.78, 5) is 27.9. The van der Waals surface area contributed by atoms with E-state index in [1.54, 1.807) is 11.3 Å². The molecule has 2 aliphatic rings. The van der Waals surface area contributed by atoms with Crippen LogP contribution in [0, 0.1) is 11.8 Å². The first-order chi connectivity index (χ1) is 13.2. The fourth-order valence-corrected chi connectivity index (χ4v) is 4.72. The number of amides is 2. The van der Waals surface area contributed by atoms with Crippen LogP contribution in [0.2, 0.25) is 0 Å². The second-order valence-corrected chi connectivity index (χ2v) is 8.72. The monoisotopic (exact) mass is 382 g/mol. The maximum absolute atomic E-state index is 12.8. The highest BCUT2D eigenvalue weighted by atomic mass is 32.1. The van der Waals surface area contributed by atoms with Crippen molar-refractivity contribution in [2.24, 2.45) is 11.8 Å². The lowest BCUT2D eigenvalue weighted by atomic mass is 9.96. The van der Waals surface area contributed by atoms with Gasteiger partial charge in [-0.1, -0.05) is 36.4 Å². The van der Waals surface area contributed by atoms with Crippen molar-refractivity contribution < 1.29 is 9.59 Å². The first-order valence-electron chi connectivity index (χ1n) is 9.83. The van der Waals surface area contributed by atoms with Crippen LogP contribution in [0.25, 0.3) is 0 Å². The minimum Gasteiger partial charge on any atom is -0.356 e. The van der Waals surface area contributed by atoms with Gasteiger partial charge in [-0.3, -0.25) is 9.59 Å². The van der Waals surface area contributed by atoms with E-state index in [4.69, 9.17) is 0 Å². The van der Waals surface area contributed by atoms with Crippen LogP contribution in [0.4, 0.5) is 0 Å². The van der Waals surface area contributed by atoms with E-state index in [0.717, 1.165) is 43.8 Å². The predicted molar refractivity (Wildman–Crippen MR) is 108 cm³/mol. The summed E-state index contributed by atoms with van der Waals surface area (Å²) in [5.41, 5.74) is 1.29. The van der Waals surface area contributed by atoms with Crippen LogP contribution >= 0.6 is 11.3 Å². The Morgan fingerprint density at radius 1 is 1.07 bits per heavy atom. The van der Waals surface area contributed by atoms with Gasteiger partial charge in [-0.25, -0.2) is 0 Å². The van der Waals surface area contributed by atoms with E-state index in [1.165, 1.54) is 5.56 Å². The molecule has 1 aliphatic heterocycles. The second-order valence-electron chi connectivity index (χ2n) is 7.69. The van der Waals surface area contributed by atoms with Crippen molar-refractivity contribution in [2.75, 3.05) is 19.6 Å². The number of hydrogen-bond donors (Lipinski definition) is 1. The van der Waals surface area contributed by atoms with Crippen LogP contribution < -0.4 is 5.32 Å². The van der Waals surface area contributed by atoms with Gasteiger partial charge in [0.1, 0.15) is 0 Å². The van der Waals surface area contributed by atoms with E-state index < -0.39 is 0 Å². The number of carbonyl (C=O) groups excluding carboxylic acids is 2. The van der Waals surface area contributed by atoms with Gasteiger partial charge in [-0.2, -0.15) is 0 Å². The third-order valence-electron chi connectivity index (χ3n) is 5.76. The van der Waals surface area contributed by atoms with Gasteiger partial charge in [-0.15, -0.1) is 11.3 Å². The number of nitrogens with one attached hydrogen (secondary N) is 1.